The van der Waals surface area contributed by atoms with E-state index in [1.54, 1.807) is 11.3 Å². The molecule has 2 aromatic rings. The molecule has 0 radical (unpaired) electrons. The average molecular weight is 317 g/mol. The molecule has 5 heteroatoms. The fourth-order valence-corrected chi connectivity index (χ4v) is 3.82. The van der Waals surface area contributed by atoms with Crippen molar-refractivity contribution in [3.63, 3.8) is 0 Å². The maximum Gasteiger partial charge on any atom is 0.225 e. The van der Waals surface area contributed by atoms with E-state index >= 15 is 0 Å². The van der Waals surface area contributed by atoms with E-state index in [9.17, 15) is 4.79 Å². The minimum absolute atomic E-state index is 0.0785. The van der Waals surface area contributed by atoms with Crippen LogP contribution in [-0.2, 0) is 4.79 Å². The predicted molar refractivity (Wildman–Crippen MR) is 92.5 cm³/mol. The van der Waals surface area contributed by atoms with E-state index in [0.717, 1.165) is 43.0 Å². The Bertz CT molecular complexity index is 621. The minimum Gasteiger partial charge on any atom is -0.353 e. The van der Waals surface area contributed by atoms with Crippen molar-refractivity contribution in [3.8, 4) is 0 Å². The van der Waals surface area contributed by atoms with Crippen LogP contribution in [-0.4, -0.2) is 30.0 Å². The lowest BCUT2D eigenvalue weighted by Gasteiger charge is -2.32. The molecule has 1 N–H and O–H groups in total. The summed E-state index contributed by atoms with van der Waals surface area (Å²) in [6, 6.07) is 8.47. The molecule has 1 saturated heterocycles. The number of hydrogen-bond donors (Lipinski definition) is 1. The summed E-state index contributed by atoms with van der Waals surface area (Å²) in [4.78, 5) is 19.4. The Kier molecular flexibility index (Phi) is 4.62. The van der Waals surface area contributed by atoms with Gasteiger partial charge in [0.25, 0.3) is 0 Å². The molecule has 2 atom stereocenters. The number of carbonyl (C=O) groups is 1. The van der Waals surface area contributed by atoms with Gasteiger partial charge in [0.2, 0.25) is 5.91 Å². The van der Waals surface area contributed by atoms with Crippen LogP contribution in [0.1, 0.15) is 33.1 Å². The fraction of sp³-hybridized carbons (Fsp3) is 0.529. The van der Waals surface area contributed by atoms with Crippen molar-refractivity contribution in [2.24, 2.45) is 5.92 Å². The fourth-order valence-electron chi connectivity index (χ4n) is 2.82. The second-order valence-corrected chi connectivity index (χ2v) is 7.08. The summed E-state index contributed by atoms with van der Waals surface area (Å²) in [6.07, 6.45) is 3.00. The van der Waals surface area contributed by atoms with Crippen molar-refractivity contribution < 1.29 is 4.79 Å². The summed E-state index contributed by atoms with van der Waals surface area (Å²) in [5.74, 6) is 0.273. The molecular weight excluding hydrogens is 294 g/mol. The van der Waals surface area contributed by atoms with Gasteiger partial charge in [0.15, 0.2) is 5.13 Å². The van der Waals surface area contributed by atoms with E-state index in [-0.39, 0.29) is 17.9 Å². The highest BCUT2D eigenvalue weighted by atomic mass is 32.1. The van der Waals surface area contributed by atoms with Gasteiger partial charge in [-0.2, -0.15) is 0 Å². The highest BCUT2D eigenvalue weighted by Gasteiger charge is 2.27. The molecule has 2 unspecified atom stereocenters. The molecule has 3 rings (SSSR count). The van der Waals surface area contributed by atoms with E-state index in [4.69, 9.17) is 4.98 Å². The summed E-state index contributed by atoms with van der Waals surface area (Å²) in [6.45, 7) is 5.93. The number of piperidine rings is 1. The Morgan fingerprint density at radius 2 is 2.32 bits per heavy atom. The summed E-state index contributed by atoms with van der Waals surface area (Å²) in [7, 11) is 0. The molecule has 4 nitrogen and oxygen atoms in total. The summed E-state index contributed by atoms with van der Waals surface area (Å²) in [5, 5.41) is 4.16. The maximum atomic E-state index is 12.4. The van der Waals surface area contributed by atoms with Gasteiger partial charge >= 0.3 is 0 Å². The van der Waals surface area contributed by atoms with E-state index in [0.29, 0.717) is 0 Å². The molecule has 1 aliphatic heterocycles. The monoisotopic (exact) mass is 317 g/mol. The molecule has 22 heavy (non-hydrogen) atoms. The van der Waals surface area contributed by atoms with Gasteiger partial charge in [-0.15, -0.1) is 0 Å². The number of nitrogens with one attached hydrogen (secondary N) is 1. The lowest BCUT2D eigenvalue weighted by molar-refractivity contribution is -0.125. The Morgan fingerprint density at radius 3 is 3.09 bits per heavy atom. The van der Waals surface area contributed by atoms with Crippen LogP contribution >= 0.6 is 11.3 Å². The Balaban J connectivity index is 1.71. The van der Waals surface area contributed by atoms with E-state index in [2.05, 4.69) is 30.1 Å². The Hall–Kier alpha value is -1.62. The van der Waals surface area contributed by atoms with Crippen molar-refractivity contribution in [2.75, 3.05) is 18.0 Å². The zero-order valence-electron chi connectivity index (χ0n) is 13.2. The highest BCUT2D eigenvalue weighted by molar-refractivity contribution is 7.22. The first-order valence-electron chi connectivity index (χ1n) is 8.08. The molecule has 2 heterocycles. The Morgan fingerprint density at radius 1 is 1.50 bits per heavy atom. The van der Waals surface area contributed by atoms with Crippen LogP contribution in [0.5, 0.6) is 0 Å². The first-order valence-corrected chi connectivity index (χ1v) is 8.90. The normalized spacial score (nSPS) is 20.1. The summed E-state index contributed by atoms with van der Waals surface area (Å²) < 4.78 is 1.21. The molecule has 1 aromatic heterocycles. The number of carbonyl (C=O) groups excluding carboxylic acids is 1. The van der Waals surface area contributed by atoms with Crippen LogP contribution in [0, 0.1) is 5.92 Å². The minimum atomic E-state index is 0.0785. The van der Waals surface area contributed by atoms with Crippen LogP contribution < -0.4 is 10.2 Å². The first-order chi connectivity index (χ1) is 10.7. The SMILES string of the molecule is CCC(C)NC(=O)C1CCCN(c2nc3ccccc3s2)C1. The predicted octanol–water partition coefficient (Wildman–Crippen LogP) is 3.43. The molecule has 1 aliphatic rings. The number of fused-ring (bicyclic) bond motifs is 1. The number of rotatable bonds is 4. The number of para-hydroxylation sites is 1. The number of benzene rings is 1. The number of amides is 1. The van der Waals surface area contributed by atoms with Crippen molar-refractivity contribution >= 4 is 32.6 Å². The zero-order valence-corrected chi connectivity index (χ0v) is 14.0. The third-order valence-electron chi connectivity index (χ3n) is 4.35. The van der Waals surface area contributed by atoms with Gasteiger partial charge in [0.05, 0.1) is 16.1 Å². The van der Waals surface area contributed by atoms with Crippen LogP contribution in [0.4, 0.5) is 5.13 Å². The largest absolute Gasteiger partial charge is 0.353 e. The lowest BCUT2D eigenvalue weighted by atomic mass is 9.97. The van der Waals surface area contributed by atoms with Crippen LogP contribution in [0.15, 0.2) is 24.3 Å². The number of hydrogen-bond acceptors (Lipinski definition) is 4. The second kappa shape index (κ2) is 6.65. The highest BCUT2D eigenvalue weighted by Crippen LogP contribution is 2.31. The van der Waals surface area contributed by atoms with Gasteiger partial charge in [-0.3, -0.25) is 4.79 Å². The summed E-state index contributed by atoms with van der Waals surface area (Å²) in [5.41, 5.74) is 1.05. The lowest BCUT2D eigenvalue weighted by Crippen LogP contribution is -2.45. The molecular formula is C17H23N3OS. The van der Waals surface area contributed by atoms with Crippen molar-refractivity contribution in [2.45, 2.75) is 39.2 Å². The van der Waals surface area contributed by atoms with Crippen molar-refractivity contribution in [1.82, 2.24) is 10.3 Å². The van der Waals surface area contributed by atoms with Crippen LogP contribution in [0.2, 0.25) is 0 Å². The van der Waals surface area contributed by atoms with Gasteiger partial charge in [-0.25, -0.2) is 4.98 Å². The number of thiazole rings is 1. The molecule has 0 aliphatic carbocycles. The third kappa shape index (κ3) is 3.24. The van der Waals surface area contributed by atoms with Gasteiger partial charge < -0.3 is 10.2 Å². The molecule has 0 spiro atoms. The van der Waals surface area contributed by atoms with Gasteiger partial charge in [0.1, 0.15) is 0 Å². The van der Waals surface area contributed by atoms with Gasteiger partial charge in [0, 0.05) is 19.1 Å². The van der Waals surface area contributed by atoms with Crippen molar-refractivity contribution in [3.05, 3.63) is 24.3 Å². The number of aromatic nitrogens is 1. The third-order valence-corrected chi connectivity index (χ3v) is 5.44. The van der Waals surface area contributed by atoms with E-state index in [1.165, 1.54) is 4.70 Å². The standard InChI is InChI=1S/C17H23N3OS/c1-3-12(2)18-16(21)13-7-6-10-20(11-13)17-19-14-8-4-5-9-15(14)22-17/h4-5,8-9,12-13H,3,6-7,10-11H2,1-2H3,(H,18,21). The van der Waals surface area contributed by atoms with Gasteiger partial charge in [-0.1, -0.05) is 30.4 Å². The van der Waals surface area contributed by atoms with E-state index in [1.807, 2.05) is 18.2 Å². The zero-order chi connectivity index (χ0) is 15.5. The smallest absolute Gasteiger partial charge is 0.225 e. The number of nitrogens with zero attached hydrogens (tertiary/aromatic N) is 2. The van der Waals surface area contributed by atoms with Gasteiger partial charge in [-0.05, 0) is 38.3 Å². The molecule has 0 saturated carbocycles. The molecule has 118 valence electrons. The topological polar surface area (TPSA) is 45.2 Å². The van der Waals surface area contributed by atoms with Crippen LogP contribution in [0.25, 0.3) is 10.2 Å². The number of anilines is 1. The summed E-state index contributed by atoms with van der Waals surface area (Å²) >= 11 is 1.72. The van der Waals surface area contributed by atoms with E-state index < -0.39 is 0 Å². The quantitative estimate of drug-likeness (QED) is 0.939. The Labute approximate surface area is 135 Å². The maximum absolute atomic E-state index is 12.4. The average Bonchev–Trinajstić information content (AvgIpc) is 2.99. The van der Waals surface area contributed by atoms with Crippen molar-refractivity contribution in [1.29, 1.82) is 0 Å². The second-order valence-electron chi connectivity index (χ2n) is 6.07. The first kappa shape index (κ1) is 15.3. The van der Waals surface area contributed by atoms with Crippen LogP contribution in [0.3, 0.4) is 0 Å². The molecule has 1 amide bonds. The molecule has 0 bridgehead atoms. The molecule has 1 fully saturated rings. The molecule has 1 aromatic carbocycles.